The molecule has 3 N–H and O–H groups in total. The number of benzene rings is 2. The average Bonchev–Trinajstić information content (AvgIpc) is 2.94. The lowest BCUT2D eigenvalue weighted by Gasteiger charge is -2.08. The number of nitrogens with two attached hydrogens (primary N) is 1. The Bertz CT molecular complexity index is 865. The predicted molar refractivity (Wildman–Crippen MR) is 100 cm³/mol. The van der Waals surface area contributed by atoms with Crippen molar-refractivity contribution in [3.63, 3.8) is 0 Å². The maximum absolute atomic E-state index is 11.1. The van der Waals surface area contributed by atoms with Gasteiger partial charge in [-0.1, -0.05) is 30.3 Å². The number of non-ortho nitro benzene ring substituents is 1. The number of rotatable bonds is 6. The van der Waals surface area contributed by atoms with E-state index >= 15 is 0 Å². The predicted octanol–water partition coefficient (Wildman–Crippen LogP) is 3.40. The third kappa shape index (κ3) is 3.99. The Kier molecular flexibility index (Phi) is 6.14. The fourth-order valence-electron chi connectivity index (χ4n) is 2.93. The van der Waals surface area contributed by atoms with Crippen LogP contribution in [0.25, 0.3) is 10.9 Å². The highest BCUT2D eigenvalue weighted by Crippen LogP contribution is 2.30. The molecule has 0 spiro atoms. The lowest BCUT2D eigenvalue weighted by Crippen LogP contribution is -2.11. The fourth-order valence-corrected chi connectivity index (χ4v) is 2.93. The number of nitrogens with zero attached hydrogens (tertiary/aromatic N) is 2. The van der Waals surface area contributed by atoms with Crippen LogP contribution in [0.3, 0.4) is 0 Å². The number of halogens is 1. The third-order valence-electron chi connectivity index (χ3n) is 4.14. The first-order chi connectivity index (χ1) is 11.6. The summed E-state index contributed by atoms with van der Waals surface area (Å²) in [7, 11) is 0. The highest BCUT2D eigenvalue weighted by Gasteiger charge is 2.17. The zero-order valence-electron chi connectivity index (χ0n) is 13.5. The molecule has 2 aromatic carbocycles. The van der Waals surface area contributed by atoms with Crippen molar-refractivity contribution in [2.75, 3.05) is 6.61 Å². The normalized spacial score (nSPS) is 11.9. The number of nitro benzene ring substituents is 1. The zero-order valence-corrected chi connectivity index (χ0v) is 14.4. The van der Waals surface area contributed by atoms with E-state index in [9.17, 15) is 10.1 Å². The van der Waals surface area contributed by atoms with Gasteiger partial charge >= 0.3 is 0 Å². The molecule has 1 unspecified atom stereocenters. The molecule has 0 aliphatic heterocycles. The van der Waals surface area contributed by atoms with Gasteiger partial charge in [0, 0.05) is 48.4 Å². The first-order valence-electron chi connectivity index (χ1n) is 7.77. The third-order valence-corrected chi connectivity index (χ3v) is 4.14. The second-order valence-electron chi connectivity index (χ2n) is 5.78. The van der Waals surface area contributed by atoms with Crippen LogP contribution in [-0.2, 0) is 6.54 Å². The van der Waals surface area contributed by atoms with Crippen LogP contribution in [-0.4, -0.2) is 21.2 Å². The van der Waals surface area contributed by atoms with Crippen molar-refractivity contribution in [1.29, 1.82) is 0 Å². The Hall–Kier alpha value is -2.41. The quantitative estimate of drug-likeness (QED) is 0.519. The molecule has 0 bridgehead atoms. The number of hydrogen-bond acceptors (Lipinski definition) is 4. The van der Waals surface area contributed by atoms with Gasteiger partial charge in [-0.3, -0.25) is 10.1 Å². The smallest absolute Gasteiger partial charge is 0.270 e. The van der Waals surface area contributed by atoms with Gasteiger partial charge in [0.2, 0.25) is 0 Å². The SMILES string of the molecule is Cl.NC(CCO)c1cn(Cc2ccccc2)c2ccc([N+](=O)[O-])cc12. The van der Waals surface area contributed by atoms with Gasteiger partial charge in [-0.15, -0.1) is 12.4 Å². The van der Waals surface area contributed by atoms with E-state index in [2.05, 4.69) is 0 Å². The van der Waals surface area contributed by atoms with Crippen LogP contribution < -0.4 is 5.73 Å². The maximum Gasteiger partial charge on any atom is 0.270 e. The lowest BCUT2D eigenvalue weighted by molar-refractivity contribution is -0.384. The standard InChI is InChI=1S/C18H19N3O3.ClH/c19-17(8-9-22)16-12-20(11-13-4-2-1-3-5-13)18-7-6-14(21(23)24)10-15(16)18;/h1-7,10,12,17,22H,8-9,11,19H2;1H. The van der Waals surface area contributed by atoms with Gasteiger partial charge < -0.3 is 15.4 Å². The van der Waals surface area contributed by atoms with Gasteiger partial charge in [-0.05, 0) is 23.6 Å². The Morgan fingerprint density at radius 1 is 1.20 bits per heavy atom. The van der Waals surface area contributed by atoms with E-state index in [0.29, 0.717) is 13.0 Å². The maximum atomic E-state index is 11.1. The Morgan fingerprint density at radius 3 is 2.56 bits per heavy atom. The van der Waals surface area contributed by atoms with Crippen molar-refractivity contribution in [2.24, 2.45) is 5.73 Å². The molecule has 0 saturated carbocycles. The monoisotopic (exact) mass is 361 g/mol. The number of aliphatic hydroxyl groups is 1. The molecule has 1 heterocycles. The highest BCUT2D eigenvalue weighted by molar-refractivity contribution is 5.86. The molecular weight excluding hydrogens is 342 g/mol. The molecule has 0 fully saturated rings. The molecule has 0 radical (unpaired) electrons. The summed E-state index contributed by atoms with van der Waals surface area (Å²) in [4.78, 5) is 10.7. The van der Waals surface area contributed by atoms with Crippen LogP contribution in [0.15, 0.2) is 54.7 Å². The van der Waals surface area contributed by atoms with Crippen LogP contribution in [0.1, 0.15) is 23.6 Å². The van der Waals surface area contributed by atoms with Crippen molar-refractivity contribution in [1.82, 2.24) is 4.57 Å². The Balaban J connectivity index is 0.00000225. The van der Waals surface area contributed by atoms with Gasteiger partial charge in [0.15, 0.2) is 0 Å². The van der Waals surface area contributed by atoms with E-state index in [0.717, 1.165) is 22.0 Å². The zero-order chi connectivity index (χ0) is 17.1. The van der Waals surface area contributed by atoms with Crippen LogP contribution in [0.5, 0.6) is 0 Å². The van der Waals surface area contributed by atoms with Gasteiger partial charge in [0.25, 0.3) is 5.69 Å². The Morgan fingerprint density at radius 2 is 1.92 bits per heavy atom. The molecule has 0 aliphatic carbocycles. The van der Waals surface area contributed by atoms with Crippen LogP contribution in [0.4, 0.5) is 5.69 Å². The molecule has 6 nitrogen and oxygen atoms in total. The van der Waals surface area contributed by atoms with Crippen molar-refractivity contribution < 1.29 is 10.0 Å². The minimum absolute atomic E-state index is 0. The lowest BCUT2D eigenvalue weighted by atomic mass is 10.0. The summed E-state index contributed by atoms with van der Waals surface area (Å²) < 4.78 is 2.04. The summed E-state index contributed by atoms with van der Waals surface area (Å²) >= 11 is 0. The van der Waals surface area contributed by atoms with Gasteiger partial charge in [-0.25, -0.2) is 0 Å². The van der Waals surface area contributed by atoms with Crippen LogP contribution >= 0.6 is 12.4 Å². The number of nitro groups is 1. The molecule has 7 heteroatoms. The van der Waals surface area contributed by atoms with E-state index < -0.39 is 4.92 Å². The van der Waals surface area contributed by atoms with Crippen molar-refractivity contribution in [2.45, 2.75) is 19.0 Å². The van der Waals surface area contributed by atoms with E-state index in [1.807, 2.05) is 41.1 Å². The number of fused-ring (bicyclic) bond motifs is 1. The van der Waals surface area contributed by atoms with Crippen molar-refractivity contribution in [3.8, 4) is 0 Å². The Labute approximate surface area is 151 Å². The molecule has 3 rings (SSSR count). The van der Waals surface area contributed by atoms with Gasteiger partial charge in [-0.2, -0.15) is 0 Å². The number of aliphatic hydroxyl groups excluding tert-OH is 1. The summed E-state index contributed by atoms with van der Waals surface area (Å²) in [5.41, 5.74) is 9.05. The molecule has 0 amide bonds. The van der Waals surface area contributed by atoms with Crippen molar-refractivity contribution in [3.05, 3.63) is 76.0 Å². The van der Waals surface area contributed by atoms with Crippen LogP contribution in [0.2, 0.25) is 0 Å². The minimum Gasteiger partial charge on any atom is -0.396 e. The second kappa shape index (κ2) is 8.11. The molecule has 3 aromatic rings. The highest BCUT2D eigenvalue weighted by atomic mass is 35.5. The second-order valence-corrected chi connectivity index (χ2v) is 5.78. The van der Waals surface area contributed by atoms with Gasteiger partial charge in [0.05, 0.1) is 4.92 Å². The number of aromatic nitrogens is 1. The molecule has 0 aliphatic rings. The molecule has 1 atom stereocenters. The largest absolute Gasteiger partial charge is 0.396 e. The summed E-state index contributed by atoms with van der Waals surface area (Å²) in [5.74, 6) is 0. The first-order valence-corrected chi connectivity index (χ1v) is 7.77. The summed E-state index contributed by atoms with van der Waals surface area (Å²) in [6.45, 7) is 0.627. The summed E-state index contributed by atoms with van der Waals surface area (Å²) in [5, 5.41) is 21.0. The van der Waals surface area contributed by atoms with E-state index in [-0.39, 0.29) is 30.7 Å². The molecule has 132 valence electrons. The van der Waals surface area contributed by atoms with E-state index in [4.69, 9.17) is 10.8 Å². The molecule has 0 saturated heterocycles. The van der Waals surface area contributed by atoms with Crippen LogP contribution in [0, 0.1) is 10.1 Å². The van der Waals surface area contributed by atoms with Gasteiger partial charge in [0.1, 0.15) is 0 Å². The average molecular weight is 362 g/mol. The number of hydrogen-bond donors (Lipinski definition) is 2. The molecule has 25 heavy (non-hydrogen) atoms. The fraction of sp³-hybridized carbons (Fsp3) is 0.222. The van der Waals surface area contributed by atoms with Crippen molar-refractivity contribution >= 4 is 29.0 Å². The molecular formula is C18H20ClN3O3. The topological polar surface area (TPSA) is 94.3 Å². The van der Waals surface area contributed by atoms with E-state index in [1.165, 1.54) is 6.07 Å². The molecule has 1 aromatic heterocycles. The minimum atomic E-state index is -0.407. The summed E-state index contributed by atoms with van der Waals surface area (Å²) in [6.07, 6.45) is 2.34. The summed E-state index contributed by atoms with van der Waals surface area (Å²) in [6, 6.07) is 14.4. The van der Waals surface area contributed by atoms with E-state index in [1.54, 1.807) is 12.1 Å². The first kappa shape index (κ1) is 18.9.